The molecule has 0 saturated carbocycles. The Morgan fingerprint density at radius 3 is 2.83 bits per heavy atom. The van der Waals surface area contributed by atoms with Gasteiger partial charge >= 0.3 is 6.03 Å². The Labute approximate surface area is 141 Å². The molecule has 1 N–H and O–H groups in total. The molecule has 0 aliphatic carbocycles. The number of carbonyl (C=O) groups is 1. The number of hydrogen-bond acceptors (Lipinski definition) is 4. The Kier molecular flexibility index (Phi) is 5.15. The zero-order valence-corrected chi connectivity index (χ0v) is 13.6. The number of amides is 2. The molecule has 1 aromatic carbocycles. The summed E-state index contributed by atoms with van der Waals surface area (Å²) >= 11 is 0. The number of rotatable bonds is 5. The lowest BCUT2D eigenvalue weighted by atomic mass is 10.2. The number of nitrogens with one attached hydrogen (secondary N) is 1. The predicted octanol–water partition coefficient (Wildman–Crippen LogP) is 2.11. The number of nitrogens with zero attached hydrogens (tertiary/aromatic N) is 2. The largest absolute Gasteiger partial charge is 0.486 e. The van der Waals surface area contributed by atoms with Gasteiger partial charge in [0.25, 0.3) is 0 Å². The van der Waals surface area contributed by atoms with Crippen LogP contribution in [0.4, 0.5) is 4.79 Å². The van der Waals surface area contributed by atoms with E-state index in [-0.39, 0.29) is 12.1 Å². The lowest BCUT2D eigenvalue weighted by Crippen LogP contribution is -2.45. The second kappa shape index (κ2) is 7.68. The minimum absolute atomic E-state index is 0.131. The average Bonchev–Trinajstić information content (AvgIpc) is 2.64. The van der Waals surface area contributed by atoms with Gasteiger partial charge in [-0.1, -0.05) is 18.2 Å². The van der Waals surface area contributed by atoms with Crippen molar-refractivity contribution in [1.82, 2.24) is 15.2 Å². The molecule has 0 bridgehead atoms. The van der Waals surface area contributed by atoms with Gasteiger partial charge in [-0.05, 0) is 24.3 Å². The molecule has 2 heterocycles. The van der Waals surface area contributed by atoms with E-state index in [0.29, 0.717) is 25.4 Å². The maximum absolute atomic E-state index is 12.2. The number of carbonyl (C=O) groups excluding carboxylic acids is 1. The second-order valence-corrected chi connectivity index (χ2v) is 5.68. The number of hydrogen-bond donors (Lipinski definition) is 1. The van der Waals surface area contributed by atoms with Crippen LogP contribution in [0.2, 0.25) is 0 Å². The summed E-state index contributed by atoms with van der Waals surface area (Å²) in [5, 5.41) is 2.88. The van der Waals surface area contributed by atoms with E-state index in [0.717, 1.165) is 17.9 Å². The Morgan fingerprint density at radius 1 is 1.25 bits per heavy atom. The van der Waals surface area contributed by atoms with Gasteiger partial charge in [-0.2, -0.15) is 0 Å². The summed E-state index contributed by atoms with van der Waals surface area (Å²) in [7, 11) is 1.77. The molecule has 126 valence electrons. The van der Waals surface area contributed by atoms with E-state index in [4.69, 9.17) is 9.47 Å². The van der Waals surface area contributed by atoms with Gasteiger partial charge in [0.1, 0.15) is 6.61 Å². The molecule has 0 saturated heterocycles. The molecule has 1 aliphatic heterocycles. The highest BCUT2D eigenvalue weighted by molar-refractivity contribution is 5.73. The number of para-hydroxylation sites is 2. The normalized spacial score (nSPS) is 15.6. The zero-order valence-electron chi connectivity index (χ0n) is 13.6. The summed E-state index contributed by atoms with van der Waals surface area (Å²) in [5.74, 6) is 1.46. The third kappa shape index (κ3) is 4.16. The fourth-order valence-electron chi connectivity index (χ4n) is 2.43. The third-order valence-corrected chi connectivity index (χ3v) is 3.82. The van der Waals surface area contributed by atoms with Gasteiger partial charge in [0.05, 0.1) is 6.54 Å². The van der Waals surface area contributed by atoms with Crippen molar-refractivity contribution in [3.8, 4) is 11.5 Å². The summed E-state index contributed by atoms with van der Waals surface area (Å²) in [4.78, 5) is 18.1. The highest BCUT2D eigenvalue weighted by atomic mass is 16.6. The second-order valence-electron chi connectivity index (χ2n) is 5.68. The Bertz CT molecular complexity index is 678. The fraction of sp³-hybridized carbons (Fsp3) is 0.333. The molecule has 0 fully saturated rings. The minimum Gasteiger partial charge on any atom is -0.486 e. The summed E-state index contributed by atoms with van der Waals surface area (Å²) in [6.07, 6.45) is 2.29. The number of likely N-dealkylation sites (N-methyl/N-ethyl adjacent to an activating group) is 1. The molecule has 6 nitrogen and oxygen atoms in total. The Balaban J connectivity index is 1.42. The highest BCUT2D eigenvalue weighted by Gasteiger charge is 2.21. The van der Waals surface area contributed by atoms with Crippen LogP contribution in [0.1, 0.15) is 5.69 Å². The maximum Gasteiger partial charge on any atom is 0.317 e. The predicted molar refractivity (Wildman–Crippen MR) is 90.3 cm³/mol. The quantitative estimate of drug-likeness (QED) is 0.913. The molecule has 24 heavy (non-hydrogen) atoms. The molecular weight excluding hydrogens is 306 g/mol. The van der Waals surface area contributed by atoms with Crippen LogP contribution in [0.15, 0.2) is 48.7 Å². The van der Waals surface area contributed by atoms with E-state index < -0.39 is 0 Å². The van der Waals surface area contributed by atoms with Crippen LogP contribution in [0, 0.1) is 0 Å². The monoisotopic (exact) mass is 327 g/mol. The summed E-state index contributed by atoms with van der Waals surface area (Å²) in [6.45, 7) is 1.43. The summed E-state index contributed by atoms with van der Waals surface area (Å²) in [6, 6.07) is 13.2. The lowest BCUT2D eigenvalue weighted by Gasteiger charge is -2.27. The number of fused-ring (bicyclic) bond motifs is 1. The molecule has 3 rings (SSSR count). The number of benzene rings is 1. The molecule has 0 unspecified atom stereocenters. The van der Waals surface area contributed by atoms with Crippen molar-refractivity contribution in [3.63, 3.8) is 0 Å². The van der Waals surface area contributed by atoms with Crippen LogP contribution in [-0.4, -0.2) is 48.8 Å². The van der Waals surface area contributed by atoms with Crippen LogP contribution in [0.3, 0.4) is 0 Å². The maximum atomic E-state index is 12.2. The van der Waals surface area contributed by atoms with Gasteiger partial charge in [0.15, 0.2) is 17.6 Å². The van der Waals surface area contributed by atoms with Crippen LogP contribution in [-0.2, 0) is 6.42 Å². The first-order valence-corrected chi connectivity index (χ1v) is 8.00. The molecular formula is C18H21N3O3. The summed E-state index contributed by atoms with van der Waals surface area (Å²) < 4.78 is 11.5. The Hall–Kier alpha value is -2.76. The lowest BCUT2D eigenvalue weighted by molar-refractivity contribution is 0.0905. The zero-order chi connectivity index (χ0) is 16.8. The molecule has 6 heteroatoms. The molecule has 2 amide bonds. The first-order chi connectivity index (χ1) is 11.7. The van der Waals surface area contributed by atoms with Crippen molar-refractivity contribution in [2.45, 2.75) is 12.5 Å². The Morgan fingerprint density at radius 2 is 2.04 bits per heavy atom. The first-order valence-electron chi connectivity index (χ1n) is 8.00. The van der Waals surface area contributed by atoms with E-state index in [1.165, 1.54) is 0 Å². The van der Waals surface area contributed by atoms with Crippen molar-refractivity contribution in [1.29, 1.82) is 0 Å². The first kappa shape index (κ1) is 16.1. The van der Waals surface area contributed by atoms with Crippen molar-refractivity contribution in [3.05, 3.63) is 54.4 Å². The molecule has 1 aromatic heterocycles. The summed E-state index contributed by atoms with van der Waals surface area (Å²) in [5.41, 5.74) is 0.970. The fourth-order valence-corrected chi connectivity index (χ4v) is 2.43. The van der Waals surface area contributed by atoms with Gasteiger partial charge in [-0.15, -0.1) is 0 Å². The van der Waals surface area contributed by atoms with Gasteiger partial charge in [-0.3, -0.25) is 4.98 Å². The van der Waals surface area contributed by atoms with E-state index in [2.05, 4.69) is 10.3 Å². The van der Waals surface area contributed by atoms with E-state index in [1.54, 1.807) is 18.1 Å². The molecule has 1 aliphatic rings. The third-order valence-electron chi connectivity index (χ3n) is 3.82. The van der Waals surface area contributed by atoms with Crippen LogP contribution >= 0.6 is 0 Å². The van der Waals surface area contributed by atoms with Crippen LogP contribution in [0.25, 0.3) is 0 Å². The van der Waals surface area contributed by atoms with Gasteiger partial charge < -0.3 is 19.7 Å². The highest BCUT2D eigenvalue weighted by Crippen LogP contribution is 2.30. The standard InChI is InChI=1S/C18H21N3O3/c1-21(11-9-14-6-4-5-10-19-14)18(22)20-12-15-13-23-16-7-2-3-8-17(16)24-15/h2-8,10,15H,9,11-13H2,1H3,(H,20,22)/t15-/m0/s1. The van der Waals surface area contributed by atoms with Gasteiger partial charge in [0, 0.05) is 31.9 Å². The average molecular weight is 327 g/mol. The molecule has 0 spiro atoms. The van der Waals surface area contributed by atoms with E-state index >= 15 is 0 Å². The molecule has 2 aromatic rings. The number of urea groups is 1. The van der Waals surface area contributed by atoms with E-state index in [9.17, 15) is 4.79 Å². The van der Waals surface area contributed by atoms with Crippen LogP contribution < -0.4 is 14.8 Å². The van der Waals surface area contributed by atoms with Gasteiger partial charge in [-0.25, -0.2) is 4.79 Å². The minimum atomic E-state index is -0.187. The van der Waals surface area contributed by atoms with Crippen LogP contribution in [0.5, 0.6) is 11.5 Å². The van der Waals surface area contributed by atoms with Crippen molar-refractivity contribution >= 4 is 6.03 Å². The molecule has 1 atom stereocenters. The number of aromatic nitrogens is 1. The smallest absolute Gasteiger partial charge is 0.317 e. The molecule has 0 radical (unpaired) electrons. The SMILES string of the molecule is CN(CCc1ccccn1)C(=O)NC[C@H]1COc2ccccc2O1. The van der Waals surface area contributed by atoms with Crippen molar-refractivity contribution in [2.24, 2.45) is 0 Å². The van der Waals surface area contributed by atoms with E-state index in [1.807, 2.05) is 42.5 Å². The topological polar surface area (TPSA) is 63.7 Å². The van der Waals surface area contributed by atoms with Gasteiger partial charge in [0.2, 0.25) is 0 Å². The number of pyridine rings is 1. The van der Waals surface area contributed by atoms with Crippen molar-refractivity contribution < 1.29 is 14.3 Å². The number of ether oxygens (including phenoxy) is 2. The van der Waals surface area contributed by atoms with Crippen molar-refractivity contribution in [2.75, 3.05) is 26.7 Å².